The molecule has 0 saturated carbocycles. The first kappa shape index (κ1) is 5.19. The second kappa shape index (κ2) is 1.88. The summed E-state index contributed by atoms with van der Waals surface area (Å²) in [7, 11) is -2.14. The summed E-state index contributed by atoms with van der Waals surface area (Å²) in [6, 6.07) is 0. The molecule has 0 radical (unpaired) electrons. The van der Waals surface area contributed by atoms with Gasteiger partial charge in [-0.25, -0.2) is 0 Å². The molecule has 0 unspecified atom stereocenters. The molecule has 0 saturated heterocycles. The van der Waals surface area contributed by atoms with Gasteiger partial charge in [-0.15, -0.1) is 0 Å². The number of hydrogen-bond donors (Lipinski definition) is 2. The van der Waals surface area contributed by atoms with Crippen LogP contribution in [0.4, 0.5) is 0 Å². The first-order valence-corrected chi connectivity index (χ1v) is 2.98. The van der Waals surface area contributed by atoms with E-state index in [-0.39, 0.29) is 6.10 Å². The first-order valence-electron chi connectivity index (χ1n) is 1.82. The van der Waals surface area contributed by atoms with Crippen LogP contribution in [0.2, 0.25) is 0 Å². The van der Waals surface area contributed by atoms with Crippen LogP contribution in [0.1, 0.15) is 0 Å². The maximum atomic E-state index is 8.12. The van der Waals surface area contributed by atoms with Crippen LogP contribution >= 0.6 is 8.60 Å². The third kappa shape index (κ3) is 2.00. The largest absolute Gasteiger partial charge is 0.328 e. The van der Waals surface area contributed by atoms with Gasteiger partial charge in [-0.05, 0) is 0 Å². The Morgan fingerprint density at radius 1 is 1.43 bits per heavy atom. The molecule has 0 heterocycles. The van der Waals surface area contributed by atoms with Crippen LogP contribution in [0.15, 0.2) is 12.2 Å². The molecule has 1 aliphatic rings. The van der Waals surface area contributed by atoms with E-state index in [1.807, 2.05) is 0 Å². The van der Waals surface area contributed by atoms with E-state index in [0.29, 0.717) is 0 Å². The minimum atomic E-state index is -2.14. The fourth-order valence-electron chi connectivity index (χ4n) is 0.224. The molecule has 0 atom stereocenters. The van der Waals surface area contributed by atoms with Crippen LogP contribution in [-0.4, -0.2) is 15.9 Å². The monoisotopic (exact) mass is 120 g/mol. The van der Waals surface area contributed by atoms with E-state index in [2.05, 4.69) is 4.52 Å². The lowest BCUT2D eigenvalue weighted by molar-refractivity contribution is 0.259. The molecule has 0 spiro atoms. The highest BCUT2D eigenvalue weighted by atomic mass is 31.2. The fraction of sp³-hybridized carbons (Fsp3) is 0.333. The van der Waals surface area contributed by atoms with Crippen molar-refractivity contribution in [1.29, 1.82) is 0 Å². The zero-order chi connectivity index (χ0) is 5.28. The van der Waals surface area contributed by atoms with Gasteiger partial charge in [0, 0.05) is 0 Å². The molecular weight excluding hydrogens is 115 g/mol. The van der Waals surface area contributed by atoms with Gasteiger partial charge in [-0.1, -0.05) is 12.2 Å². The van der Waals surface area contributed by atoms with Gasteiger partial charge >= 0.3 is 8.60 Å². The highest BCUT2D eigenvalue weighted by Gasteiger charge is 2.14. The summed E-state index contributed by atoms with van der Waals surface area (Å²) in [6.45, 7) is 0. The van der Waals surface area contributed by atoms with Gasteiger partial charge in [0.05, 0.1) is 0 Å². The minimum Gasteiger partial charge on any atom is -0.328 e. The Morgan fingerprint density at radius 2 is 2.00 bits per heavy atom. The normalized spacial score (nSPS) is 18.7. The predicted octanol–water partition coefficient (Wildman–Crippen LogP) is 0.153. The topological polar surface area (TPSA) is 49.7 Å². The van der Waals surface area contributed by atoms with Crippen molar-refractivity contribution >= 4 is 8.60 Å². The Bertz CT molecular complexity index is 84.2. The molecule has 4 heteroatoms. The molecule has 1 aliphatic carbocycles. The quantitative estimate of drug-likeness (QED) is 0.403. The summed E-state index contributed by atoms with van der Waals surface area (Å²) >= 11 is 0. The lowest BCUT2D eigenvalue weighted by Gasteiger charge is -1.97. The Morgan fingerprint density at radius 3 is 2.14 bits per heavy atom. The lowest BCUT2D eigenvalue weighted by Crippen LogP contribution is -1.85. The molecule has 2 N–H and O–H groups in total. The molecule has 0 fully saturated rings. The Balaban J connectivity index is 1.99. The summed E-state index contributed by atoms with van der Waals surface area (Å²) in [6.07, 6.45) is 3.38. The van der Waals surface area contributed by atoms with Crippen LogP contribution in [0.5, 0.6) is 0 Å². The van der Waals surface area contributed by atoms with Gasteiger partial charge in [0.15, 0.2) is 0 Å². The van der Waals surface area contributed by atoms with E-state index < -0.39 is 8.60 Å². The molecule has 40 valence electrons. The van der Waals surface area contributed by atoms with Crippen LogP contribution in [-0.2, 0) is 4.52 Å². The second-order valence-corrected chi connectivity index (χ2v) is 1.92. The van der Waals surface area contributed by atoms with Crippen molar-refractivity contribution in [3.63, 3.8) is 0 Å². The van der Waals surface area contributed by atoms with Crippen molar-refractivity contribution in [2.75, 3.05) is 0 Å². The summed E-state index contributed by atoms with van der Waals surface area (Å²) < 4.78 is 4.43. The highest BCUT2D eigenvalue weighted by molar-refractivity contribution is 7.39. The SMILES string of the molecule is OP(O)OC1C=C1. The maximum absolute atomic E-state index is 8.12. The fourth-order valence-corrected chi connectivity index (χ4v) is 0.583. The molecule has 1 rings (SSSR count). The predicted molar refractivity (Wildman–Crippen MR) is 25.4 cm³/mol. The summed E-state index contributed by atoms with van der Waals surface area (Å²) in [4.78, 5) is 16.2. The average molecular weight is 120 g/mol. The van der Waals surface area contributed by atoms with Crippen LogP contribution in [0.25, 0.3) is 0 Å². The molecule has 0 aromatic heterocycles. The Kier molecular flexibility index (Phi) is 1.40. The summed E-state index contributed by atoms with van der Waals surface area (Å²) in [5, 5.41) is 0. The standard InChI is InChI=1S/C3H5O3P/c4-7(5)6-3-1-2-3/h1-5H. The zero-order valence-electron chi connectivity index (χ0n) is 3.48. The average Bonchev–Trinajstić information content (AvgIpc) is 2.17. The van der Waals surface area contributed by atoms with Crippen LogP contribution in [0.3, 0.4) is 0 Å². The summed E-state index contributed by atoms with van der Waals surface area (Å²) in [5.74, 6) is 0. The molecular formula is C3H5O3P. The smallest absolute Gasteiger partial charge is 0.327 e. The van der Waals surface area contributed by atoms with Crippen molar-refractivity contribution in [2.45, 2.75) is 6.10 Å². The van der Waals surface area contributed by atoms with Gasteiger partial charge in [0.1, 0.15) is 6.10 Å². The molecule has 0 bridgehead atoms. The molecule has 0 aliphatic heterocycles. The molecule has 0 amide bonds. The van der Waals surface area contributed by atoms with Gasteiger partial charge in [0.2, 0.25) is 0 Å². The van der Waals surface area contributed by atoms with Crippen molar-refractivity contribution in [3.8, 4) is 0 Å². The molecule has 0 aromatic rings. The van der Waals surface area contributed by atoms with Gasteiger partial charge in [-0.2, -0.15) is 0 Å². The minimum absolute atomic E-state index is 0.0962. The summed E-state index contributed by atoms with van der Waals surface area (Å²) in [5.41, 5.74) is 0. The van der Waals surface area contributed by atoms with E-state index >= 15 is 0 Å². The lowest BCUT2D eigenvalue weighted by atomic mass is 10.8. The van der Waals surface area contributed by atoms with Crippen molar-refractivity contribution < 1.29 is 14.3 Å². The van der Waals surface area contributed by atoms with Gasteiger partial charge in [0.25, 0.3) is 0 Å². The number of rotatable bonds is 2. The third-order valence-electron chi connectivity index (χ3n) is 0.566. The zero-order valence-corrected chi connectivity index (χ0v) is 4.38. The van der Waals surface area contributed by atoms with Crippen molar-refractivity contribution in [1.82, 2.24) is 0 Å². The Hall–Kier alpha value is 0.0500. The van der Waals surface area contributed by atoms with E-state index in [4.69, 9.17) is 9.79 Å². The molecule has 7 heavy (non-hydrogen) atoms. The van der Waals surface area contributed by atoms with Crippen molar-refractivity contribution in [3.05, 3.63) is 12.2 Å². The van der Waals surface area contributed by atoms with E-state index in [1.165, 1.54) is 0 Å². The van der Waals surface area contributed by atoms with Crippen LogP contribution < -0.4 is 0 Å². The van der Waals surface area contributed by atoms with E-state index in [1.54, 1.807) is 12.2 Å². The highest BCUT2D eigenvalue weighted by Crippen LogP contribution is 2.31. The maximum Gasteiger partial charge on any atom is 0.327 e. The van der Waals surface area contributed by atoms with Gasteiger partial charge in [-0.3, -0.25) is 0 Å². The molecule has 0 aromatic carbocycles. The Labute approximate surface area is 42.2 Å². The van der Waals surface area contributed by atoms with E-state index in [0.717, 1.165) is 0 Å². The number of hydrogen-bond acceptors (Lipinski definition) is 3. The third-order valence-corrected chi connectivity index (χ3v) is 0.998. The van der Waals surface area contributed by atoms with Crippen LogP contribution in [0, 0.1) is 0 Å². The van der Waals surface area contributed by atoms with E-state index in [9.17, 15) is 0 Å². The first-order chi connectivity index (χ1) is 3.29. The van der Waals surface area contributed by atoms with Crippen molar-refractivity contribution in [2.24, 2.45) is 0 Å². The second-order valence-electron chi connectivity index (χ2n) is 1.21. The van der Waals surface area contributed by atoms with Gasteiger partial charge < -0.3 is 14.3 Å². The molecule has 3 nitrogen and oxygen atoms in total.